The van der Waals surface area contributed by atoms with Crippen molar-refractivity contribution in [1.82, 2.24) is 15.3 Å². The summed E-state index contributed by atoms with van der Waals surface area (Å²) in [7, 11) is 0. The van der Waals surface area contributed by atoms with Crippen molar-refractivity contribution in [2.24, 2.45) is 11.1 Å². The number of imidazole rings is 1. The zero-order valence-electron chi connectivity index (χ0n) is 10.9. The summed E-state index contributed by atoms with van der Waals surface area (Å²) < 4.78 is 0. The van der Waals surface area contributed by atoms with Crippen LogP contribution in [0, 0.1) is 5.41 Å². The zero-order chi connectivity index (χ0) is 13.7. The Labute approximate surface area is 118 Å². The van der Waals surface area contributed by atoms with E-state index in [-0.39, 0.29) is 5.91 Å². The molecule has 104 valence electrons. The second-order valence-electron chi connectivity index (χ2n) is 5.12. The second-order valence-corrected chi connectivity index (χ2v) is 5.56. The molecule has 0 aliphatic heterocycles. The van der Waals surface area contributed by atoms with Gasteiger partial charge in [0.1, 0.15) is 0 Å². The van der Waals surface area contributed by atoms with E-state index in [2.05, 4.69) is 15.3 Å². The van der Waals surface area contributed by atoms with E-state index in [1.807, 2.05) is 0 Å². The summed E-state index contributed by atoms with van der Waals surface area (Å²) in [5, 5.41) is 2.93. The van der Waals surface area contributed by atoms with Gasteiger partial charge in [0.15, 0.2) is 0 Å². The van der Waals surface area contributed by atoms with Crippen LogP contribution in [0.4, 0.5) is 0 Å². The van der Waals surface area contributed by atoms with Crippen LogP contribution in [0.25, 0.3) is 0 Å². The molecular formula is C13H20N4OS. The third kappa shape index (κ3) is 3.12. The number of H-pyrrole nitrogens is 1. The second kappa shape index (κ2) is 6.14. The molecule has 1 amide bonds. The highest BCUT2D eigenvalue weighted by Gasteiger charge is 2.41. The molecule has 0 bridgehead atoms. The van der Waals surface area contributed by atoms with Crippen molar-refractivity contribution in [2.45, 2.75) is 45.1 Å². The summed E-state index contributed by atoms with van der Waals surface area (Å²) >= 11 is 5.18. The summed E-state index contributed by atoms with van der Waals surface area (Å²) in [5.41, 5.74) is 6.09. The molecule has 1 aliphatic rings. The lowest BCUT2D eigenvalue weighted by molar-refractivity contribution is -0.128. The largest absolute Gasteiger partial charge is 0.392 e. The SMILES string of the molecule is NC(=S)C1(C(=O)NCc2cnc[nH]2)CCCCCC1. The van der Waals surface area contributed by atoms with E-state index < -0.39 is 5.41 Å². The first-order valence-corrected chi connectivity index (χ1v) is 7.11. The maximum atomic E-state index is 12.5. The fraction of sp³-hybridized carbons (Fsp3) is 0.615. The molecule has 4 N–H and O–H groups in total. The number of hydrogen-bond acceptors (Lipinski definition) is 3. The fourth-order valence-corrected chi connectivity index (χ4v) is 2.94. The standard InChI is InChI=1S/C13H20N4OS/c14-11(19)13(5-3-1-2-4-6-13)12(18)16-8-10-7-15-9-17-10/h7,9H,1-6,8H2,(H2,14,19)(H,15,17)(H,16,18). The Morgan fingerprint density at radius 2 is 2.11 bits per heavy atom. The third-order valence-corrected chi connectivity index (χ3v) is 4.25. The Kier molecular flexibility index (Phi) is 4.52. The number of aromatic amines is 1. The molecule has 1 aliphatic carbocycles. The van der Waals surface area contributed by atoms with Crippen molar-refractivity contribution in [1.29, 1.82) is 0 Å². The summed E-state index contributed by atoms with van der Waals surface area (Å²) in [6, 6.07) is 0. The van der Waals surface area contributed by atoms with Crippen LogP contribution in [0.15, 0.2) is 12.5 Å². The highest BCUT2D eigenvalue weighted by Crippen LogP contribution is 2.35. The van der Waals surface area contributed by atoms with Crippen molar-refractivity contribution in [2.75, 3.05) is 0 Å². The third-order valence-electron chi connectivity index (χ3n) is 3.86. The summed E-state index contributed by atoms with van der Waals surface area (Å²) in [5.74, 6) is -0.0449. The molecule has 6 heteroatoms. The Balaban J connectivity index is 2.05. The van der Waals surface area contributed by atoms with Crippen molar-refractivity contribution in [3.05, 3.63) is 18.2 Å². The average Bonchev–Trinajstić information content (AvgIpc) is 2.78. The van der Waals surface area contributed by atoms with E-state index in [9.17, 15) is 4.79 Å². The van der Waals surface area contributed by atoms with Gasteiger partial charge in [0.25, 0.3) is 0 Å². The first-order valence-electron chi connectivity index (χ1n) is 6.70. The molecule has 1 aromatic heterocycles. The summed E-state index contributed by atoms with van der Waals surface area (Å²) in [4.78, 5) is 19.7. The van der Waals surface area contributed by atoms with E-state index in [1.165, 1.54) is 0 Å². The first kappa shape index (κ1) is 14.0. The van der Waals surface area contributed by atoms with Crippen LogP contribution in [-0.4, -0.2) is 20.9 Å². The van der Waals surface area contributed by atoms with Crippen LogP contribution < -0.4 is 11.1 Å². The van der Waals surface area contributed by atoms with Crippen molar-refractivity contribution >= 4 is 23.1 Å². The highest BCUT2D eigenvalue weighted by atomic mass is 32.1. The smallest absolute Gasteiger partial charge is 0.233 e. The Hall–Kier alpha value is -1.43. The molecule has 0 aromatic carbocycles. The molecule has 0 atom stereocenters. The summed E-state index contributed by atoms with van der Waals surface area (Å²) in [6.07, 6.45) is 9.13. The van der Waals surface area contributed by atoms with Crippen molar-refractivity contribution in [3.8, 4) is 0 Å². The van der Waals surface area contributed by atoms with Gasteiger partial charge in [-0.25, -0.2) is 4.98 Å². The monoisotopic (exact) mass is 280 g/mol. The van der Waals surface area contributed by atoms with Gasteiger partial charge >= 0.3 is 0 Å². The van der Waals surface area contributed by atoms with Crippen LogP contribution >= 0.6 is 12.2 Å². The fourth-order valence-electron chi connectivity index (χ4n) is 2.64. The van der Waals surface area contributed by atoms with Gasteiger partial charge in [0.2, 0.25) is 5.91 Å². The van der Waals surface area contributed by atoms with Crippen molar-refractivity contribution in [3.63, 3.8) is 0 Å². The minimum absolute atomic E-state index is 0.0449. The van der Waals surface area contributed by atoms with E-state index in [4.69, 9.17) is 18.0 Å². The van der Waals surface area contributed by atoms with E-state index in [1.54, 1.807) is 12.5 Å². The van der Waals surface area contributed by atoms with E-state index in [0.717, 1.165) is 44.2 Å². The highest BCUT2D eigenvalue weighted by molar-refractivity contribution is 7.80. The minimum Gasteiger partial charge on any atom is -0.392 e. The average molecular weight is 280 g/mol. The number of carbonyl (C=O) groups is 1. The lowest BCUT2D eigenvalue weighted by Crippen LogP contribution is -2.48. The number of thiocarbonyl (C=S) groups is 1. The van der Waals surface area contributed by atoms with Crippen LogP contribution in [0.1, 0.15) is 44.2 Å². The number of nitrogens with zero attached hydrogens (tertiary/aromatic N) is 1. The van der Waals surface area contributed by atoms with Crippen molar-refractivity contribution < 1.29 is 4.79 Å². The Morgan fingerprint density at radius 3 is 2.63 bits per heavy atom. The molecule has 0 saturated heterocycles. The molecule has 0 radical (unpaired) electrons. The first-order chi connectivity index (χ1) is 9.15. The van der Waals surface area contributed by atoms with Gasteiger partial charge in [-0.1, -0.05) is 37.9 Å². The molecule has 5 nitrogen and oxygen atoms in total. The number of nitrogens with one attached hydrogen (secondary N) is 2. The number of aromatic nitrogens is 2. The lowest BCUT2D eigenvalue weighted by Gasteiger charge is -2.30. The van der Waals surface area contributed by atoms with Crippen LogP contribution in [-0.2, 0) is 11.3 Å². The zero-order valence-corrected chi connectivity index (χ0v) is 11.8. The number of amides is 1. The van der Waals surface area contributed by atoms with Gasteiger partial charge < -0.3 is 16.0 Å². The molecule has 0 unspecified atom stereocenters. The maximum absolute atomic E-state index is 12.5. The van der Waals surface area contributed by atoms with Gasteiger partial charge in [-0.15, -0.1) is 0 Å². The normalized spacial score (nSPS) is 18.5. The quantitative estimate of drug-likeness (QED) is 0.578. The number of nitrogens with two attached hydrogens (primary N) is 1. The van der Waals surface area contributed by atoms with Crippen LogP contribution in [0.2, 0.25) is 0 Å². The molecule has 1 aromatic rings. The predicted octanol–water partition coefficient (Wildman–Crippen LogP) is 1.65. The molecule has 1 saturated carbocycles. The van der Waals surface area contributed by atoms with Gasteiger partial charge in [0.05, 0.1) is 29.0 Å². The molecule has 1 heterocycles. The molecule has 19 heavy (non-hydrogen) atoms. The Bertz CT molecular complexity index is 436. The van der Waals surface area contributed by atoms with E-state index in [0.29, 0.717) is 11.5 Å². The topological polar surface area (TPSA) is 83.8 Å². The summed E-state index contributed by atoms with van der Waals surface area (Å²) in [6.45, 7) is 0.434. The lowest BCUT2D eigenvalue weighted by atomic mass is 9.79. The minimum atomic E-state index is -0.661. The molecular weight excluding hydrogens is 260 g/mol. The van der Waals surface area contributed by atoms with Crippen LogP contribution in [0.3, 0.4) is 0 Å². The Morgan fingerprint density at radius 1 is 1.42 bits per heavy atom. The number of carbonyl (C=O) groups excluding carboxylic acids is 1. The van der Waals surface area contributed by atoms with E-state index >= 15 is 0 Å². The van der Waals surface area contributed by atoms with Gasteiger partial charge in [0, 0.05) is 6.20 Å². The number of rotatable bonds is 4. The van der Waals surface area contributed by atoms with Crippen LogP contribution in [0.5, 0.6) is 0 Å². The molecule has 2 rings (SSSR count). The molecule has 0 spiro atoms. The predicted molar refractivity (Wildman–Crippen MR) is 77.4 cm³/mol. The van der Waals surface area contributed by atoms with Gasteiger partial charge in [-0.05, 0) is 12.8 Å². The molecule has 1 fully saturated rings. The van der Waals surface area contributed by atoms with Gasteiger partial charge in [-0.3, -0.25) is 4.79 Å². The van der Waals surface area contributed by atoms with Gasteiger partial charge in [-0.2, -0.15) is 0 Å². The number of hydrogen-bond donors (Lipinski definition) is 3. The maximum Gasteiger partial charge on any atom is 0.233 e.